The predicted molar refractivity (Wildman–Crippen MR) is 60.9 cm³/mol. The molecule has 0 unspecified atom stereocenters. The number of thioether (sulfide) groups is 1. The molecule has 0 aliphatic heterocycles. The van der Waals surface area contributed by atoms with Crippen LogP contribution in [0.5, 0.6) is 0 Å². The van der Waals surface area contributed by atoms with Crippen LogP contribution in [-0.4, -0.2) is 15.6 Å². The summed E-state index contributed by atoms with van der Waals surface area (Å²) in [5.41, 5.74) is 5.84. The van der Waals surface area contributed by atoms with Crippen molar-refractivity contribution in [3.05, 3.63) is 24.0 Å². The van der Waals surface area contributed by atoms with Crippen LogP contribution in [0.3, 0.4) is 0 Å². The molecule has 76 valence electrons. The third-order valence-corrected chi connectivity index (χ3v) is 2.53. The topological polar surface area (TPSA) is 62.8 Å². The molecule has 0 amide bonds. The molecule has 0 bridgehead atoms. The van der Waals surface area contributed by atoms with Crippen molar-refractivity contribution in [1.29, 1.82) is 5.41 Å². The van der Waals surface area contributed by atoms with Gasteiger partial charge in [-0.1, -0.05) is 20.8 Å². The standard InChI is InChI=1S/C10H15N3S/c1-10(2,3)14-7-4-5-8(9(11)12)13-6-7/h4-6H,1-3H3,(H3,11,12). The van der Waals surface area contributed by atoms with Crippen LogP contribution in [0.4, 0.5) is 0 Å². The molecule has 0 aliphatic carbocycles. The van der Waals surface area contributed by atoms with Gasteiger partial charge in [0.2, 0.25) is 0 Å². The molecule has 0 saturated carbocycles. The fourth-order valence-corrected chi connectivity index (χ4v) is 1.90. The number of nitrogens with two attached hydrogens (primary N) is 1. The van der Waals surface area contributed by atoms with Crippen molar-refractivity contribution in [2.45, 2.75) is 30.4 Å². The van der Waals surface area contributed by atoms with Gasteiger partial charge in [-0.2, -0.15) is 0 Å². The van der Waals surface area contributed by atoms with Gasteiger partial charge < -0.3 is 5.73 Å². The minimum Gasteiger partial charge on any atom is -0.382 e. The highest BCUT2D eigenvalue weighted by Crippen LogP contribution is 2.30. The van der Waals surface area contributed by atoms with Crippen molar-refractivity contribution >= 4 is 17.6 Å². The van der Waals surface area contributed by atoms with Gasteiger partial charge in [0.15, 0.2) is 0 Å². The average molecular weight is 209 g/mol. The second-order valence-electron chi connectivity index (χ2n) is 4.01. The number of aromatic nitrogens is 1. The summed E-state index contributed by atoms with van der Waals surface area (Å²) in [6.07, 6.45) is 1.76. The molecule has 3 nitrogen and oxygen atoms in total. The van der Waals surface area contributed by atoms with E-state index < -0.39 is 0 Å². The molecule has 0 aromatic carbocycles. The zero-order chi connectivity index (χ0) is 10.8. The van der Waals surface area contributed by atoms with Crippen LogP contribution in [0.1, 0.15) is 26.5 Å². The van der Waals surface area contributed by atoms with Crippen LogP contribution in [0, 0.1) is 5.41 Å². The average Bonchev–Trinajstić information content (AvgIpc) is 2.02. The van der Waals surface area contributed by atoms with Crippen molar-refractivity contribution in [3.63, 3.8) is 0 Å². The highest BCUT2D eigenvalue weighted by Gasteiger charge is 2.12. The highest BCUT2D eigenvalue weighted by atomic mass is 32.2. The van der Waals surface area contributed by atoms with Crippen molar-refractivity contribution in [1.82, 2.24) is 4.98 Å². The number of pyridine rings is 1. The summed E-state index contributed by atoms with van der Waals surface area (Å²) in [4.78, 5) is 5.19. The molecule has 3 N–H and O–H groups in total. The normalized spacial score (nSPS) is 11.4. The van der Waals surface area contributed by atoms with E-state index in [1.54, 1.807) is 24.0 Å². The van der Waals surface area contributed by atoms with Gasteiger partial charge in [-0.25, -0.2) is 0 Å². The monoisotopic (exact) mass is 209 g/mol. The molecule has 0 saturated heterocycles. The van der Waals surface area contributed by atoms with E-state index in [4.69, 9.17) is 11.1 Å². The minimum absolute atomic E-state index is 0.0114. The van der Waals surface area contributed by atoms with Crippen LogP contribution >= 0.6 is 11.8 Å². The Hall–Kier alpha value is -1.03. The lowest BCUT2D eigenvalue weighted by molar-refractivity contribution is 0.802. The third-order valence-electron chi connectivity index (χ3n) is 1.44. The lowest BCUT2D eigenvalue weighted by Gasteiger charge is -2.17. The summed E-state index contributed by atoms with van der Waals surface area (Å²) in [5.74, 6) is 0.0114. The van der Waals surface area contributed by atoms with Crippen LogP contribution in [0.15, 0.2) is 23.2 Å². The fraction of sp³-hybridized carbons (Fsp3) is 0.400. The summed E-state index contributed by atoms with van der Waals surface area (Å²) < 4.78 is 0.180. The molecule has 14 heavy (non-hydrogen) atoms. The molecular formula is C10H15N3S. The van der Waals surface area contributed by atoms with Gasteiger partial charge in [0.05, 0.1) is 0 Å². The van der Waals surface area contributed by atoms with Gasteiger partial charge in [0.1, 0.15) is 11.5 Å². The first-order valence-electron chi connectivity index (χ1n) is 4.38. The Morgan fingerprint density at radius 3 is 2.43 bits per heavy atom. The Bertz CT molecular complexity index is 324. The van der Waals surface area contributed by atoms with Crippen LogP contribution in [-0.2, 0) is 0 Å². The Morgan fingerprint density at radius 2 is 2.07 bits per heavy atom. The number of amidine groups is 1. The van der Waals surface area contributed by atoms with Crippen molar-refractivity contribution in [3.8, 4) is 0 Å². The lowest BCUT2D eigenvalue weighted by atomic mass is 10.3. The van der Waals surface area contributed by atoms with Gasteiger partial charge in [-0.05, 0) is 12.1 Å². The summed E-state index contributed by atoms with van der Waals surface area (Å²) in [6.45, 7) is 6.45. The number of nitrogens with zero attached hydrogens (tertiary/aromatic N) is 1. The first-order chi connectivity index (χ1) is 6.38. The minimum atomic E-state index is 0.0114. The number of rotatable bonds is 2. The Kier molecular flexibility index (Phi) is 3.16. The largest absolute Gasteiger partial charge is 0.382 e. The maximum atomic E-state index is 7.19. The van der Waals surface area contributed by atoms with E-state index in [2.05, 4.69) is 25.8 Å². The first-order valence-corrected chi connectivity index (χ1v) is 5.19. The highest BCUT2D eigenvalue weighted by molar-refractivity contribution is 8.00. The second kappa shape index (κ2) is 4.00. The molecule has 1 rings (SSSR count). The second-order valence-corrected chi connectivity index (χ2v) is 5.91. The number of hydrogen-bond acceptors (Lipinski definition) is 3. The molecule has 0 atom stereocenters. The number of nitrogen functional groups attached to an aromatic ring is 1. The molecule has 1 heterocycles. The van der Waals surface area contributed by atoms with Gasteiger partial charge in [-0.15, -0.1) is 11.8 Å². The summed E-state index contributed by atoms with van der Waals surface area (Å²) in [5, 5.41) is 7.19. The van der Waals surface area contributed by atoms with Crippen molar-refractivity contribution in [2.75, 3.05) is 0 Å². The Morgan fingerprint density at radius 1 is 1.43 bits per heavy atom. The zero-order valence-electron chi connectivity index (χ0n) is 8.66. The predicted octanol–water partition coefficient (Wildman–Crippen LogP) is 2.26. The van der Waals surface area contributed by atoms with Crippen LogP contribution in [0.2, 0.25) is 0 Å². The Labute approximate surface area is 88.6 Å². The summed E-state index contributed by atoms with van der Waals surface area (Å²) >= 11 is 1.75. The summed E-state index contributed by atoms with van der Waals surface area (Å²) in [6, 6.07) is 3.72. The third kappa shape index (κ3) is 3.38. The molecule has 0 spiro atoms. The fourth-order valence-electron chi connectivity index (χ4n) is 0.954. The molecule has 0 fully saturated rings. The molecule has 0 aliphatic rings. The van der Waals surface area contributed by atoms with Crippen molar-refractivity contribution < 1.29 is 0 Å². The number of hydrogen-bond donors (Lipinski definition) is 2. The summed E-state index contributed by atoms with van der Waals surface area (Å²) in [7, 11) is 0. The number of nitrogens with one attached hydrogen (secondary N) is 1. The van der Waals surface area contributed by atoms with Gasteiger partial charge >= 0.3 is 0 Å². The molecular weight excluding hydrogens is 194 g/mol. The van der Waals surface area contributed by atoms with Crippen LogP contribution < -0.4 is 5.73 Å². The zero-order valence-corrected chi connectivity index (χ0v) is 9.48. The van der Waals surface area contributed by atoms with Crippen LogP contribution in [0.25, 0.3) is 0 Å². The molecule has 1 aromatic rings. The molecule has 0 radical (unpaired) electrons. The van der Waals surface area contributed by atoms with Gasteiger partial charge in [0.25, 0.3) is 0 Å². The van der Waals surface area contributed by atoms with Gasteiger partial charge in [-0.3, -0.25) is 10.4 Å². The Balaban J connectivity index is 2.79. The van der Waals surface area contributed by atoms with Gasteiger partial charge in [0, 0.05) is 15.8 Å². The molecule has 4 heteroatoms. The van der Waals surface area contributed by atoms with Crippen molar-refractivity contribution in [2.24, 2.45) is 5.73 Å². The SMILES string of the molecule is CC(C)(C)Sc1ccc(C(=N)N)nc1. The van der Waals surface area contributed by atoms with E-state index in [0.29, 0.717) is 5.69 Å². The smallest absolute Gasteiger partial charge is 0.141 e. The maximum absolute atomic E-state index is 7.19. The lowest BCUT2D eigenvalue weighted by Crippen LogP contribution is -2.13. The van der Waals surface area contributed by atoms with E-state index in [1.165, 1.54) is 0 Å². The van der Waals surface area contributed by atoms with E-state index in [-0.39, 0.29) is 10.6 Å². The maximum Gasteiger partial charge on any atom is 0.141 e. The first kappa shape index (κ1) is 11.0. The molecule has 1 aromatic heterocycles. The van der Waals surface area contributed by atoms with E-state index in [9.17, 15) is 0 Å². The van der Waals surface area contributed by atoms with E-state index >= 15 is 0 Å². The quantitative estimate of drug-likeness (QED) is 0.446. The van der Waals surface area contributed by atoms with E-state index in [0.717, 1.165) is 4.90 Å². The van der Waals surface area contributed by atoms with E-state index in [1.807, 2.05) is 6.07 Å².